The van der Waals surface area contributed by atoms with Crippen LogP contribution in [0.25, 0.3) is 22.4 Å². The van der Waals surface area contributed by atoms with Crippen molar-refractivity contribution in [2.45, 2.75) is 6.92 Å². The van der Waals surface area contributed by atoms with Gasteiger partial charge in [0.05, 0.1) is 11.1 Å². The van der Waals surface area contributed by atoms with E-state index < -0.39 is 5.97 Å². The summed E-state index contributed by atoms with van der Waals surface area (Å²) in [6.45, 7) is 2.27. The van der Waals surface area contributed by atoms with Crippen molar-refractivity contribution in [3.63, 3.8) is 0 Å². The number of ether oxygens (including phenoxy) is 2. The van der Waals surface area contributed by atoms with E-state index in [-0.39, 0.29) is 13.2 Å². The third kappa shape index (κ3) is 4.49. The van der Waals surface area contributed by atoms with Gasteiger partial charge in [-0.3, -0.25) is 0 Å². The third-order valence-corrected chi connectivity index (χ3v) is 4.86. The molecule has 0 saturated carbocycles. The molecule has 0 saturated heterocycles. The van der Waals surface area contributed by atoms with Gasteiger partial charge in [-0.05, 0) is 55.5 Å². The molecular formula is C23H18BrNO4. The van der Waals surface area contributed by atoms with Gasteiger partial charge >= 0.3 is 5.97 Å². The van der Waals surface area contributed by atoms with Gasteiger partial charge < -0.3 is 13.9 Å². The Bertz CT molecular complexity index is 1150. The predicted octanol–water partition coefficient (Wildman–Crippen LogP) is 5.80. The normalized spacial score (nSPS) is 10.8. The van der Waals surface area contributed by atoms with Crippen molar-refractivity contribution < 1.29 is 18.7 Å². The van der Waals surface area contributed by atoms with Crippen LogP contribution < -0.4 is 4.74 Å². The second-order valence-corrected chi connectivity index (χ2v) is 7.34. The first kappa shape index (κ1) is 19.2. The van der Waals surface area contributed by atoms with E-state index in [4.69, 9.17) is 13.9 Å². The fraction of sp³-hybridized carbons (Fsp3) is 0.130. The number of halogens is 1. The monoisotopic (exact) mass is 451 g/mol. The number of benzene rings is 2. The topological polar surface area (TPSA) is 61.6 Å². The van der Waals surface area contributed by atoms with E-state index in [0.29, 0.717) is 28.3 Å². The molecule has 4 rings (SSSR count). The molecule has 0 fully saturated rings. The molecule has 0 atom stereocenters. The number of nitrogens with zero attached hydrogens (tertiary/aromatic N) is 1. The number of para-hydroxylation sites is 1. The molecule has 0 aliphatic heterocycles. The van der Waals surface area contributed by atoms with Crippen LogP contribution in [-0.2, 0) is 4.74 Å². The van der Waals surface area contributed by atoms with Crippen molar-refractivity contribution >= 4 is 32.8 Å². The lowest BCUT2D eigenvalue weighted by atomic mass is 10.1. The van der Waals surface area contributed by atoms with Crippen LogP contribution in [0.1, 0.15) is 16.1 Å². The molecule has 146 valence electrons. The zero-order valence-corrected chi connectivity index (χ0v) is 17.3. The molecule has 0 amide bonds. The SMILES string of the molecule is Cc1ccc(-c2cc(C(=O)OCCOc3ccc(Br)cc3)c3ccccc3n2)o1. The van der Waals surface area contributed by atoms with Gasteiger partial charge in [-0.15, -0.1) is 0 Å². The quantitative estimate of drug-likeness (QED) is 0.273. The summed E-state index contributed by atoms with van der Waals surface area (Å²) in [5, 5.41) is 0.735. The lowest BCUT2D eigenvalue weighted by Crippen LogP contribution is -2.13. The van der Waals surface area contributed by atoms with Crippen LogP contribution in [0.4, 0.5) is 0 Å². The Morgan fingerprint density at radius 1 is 1.03 bits per heavy atom. The Morgan fingerprint density at radius 2 is 1.83 bits per heavy atom. The molecule has 0 aliphatic carbocycles. The molecule has 6 heteroatoms. The molecular weight excluding hydrogens is 434 g/mol. The van der Waals surface area contributed by atoms with Gasteiger partial charge in [0, 0.05) is 9.86 Å². The Morgan fingerprint density at radius 3 is 2.59 bits per heavy atom. The van der Waals surface area contributed by atoms with E-state index in [1.54, 1.807) is 6.07 Å². The van der Waals surface area contributed by atoms with Crippen LogP contribution >= 0.6 is 15.9 Å². The lowest BCUT2D eigenvalue weighted by molar-refractivity contribution is 0.0452. The molecule has 5 nitrogen and oxygen atoms in total. The average molecular weight is 452 g/mol. The zero-order chi connectivity index (χ0) is 20.2. The summed E-state index contributed by atoms with van der Waals surface area (Å²) in [6, 6.07) is 20.4. The molecule has 0 aliphatic rings. The van der Waals surface area contributed by atoms with E-state index in [1.807, 2.05) is 67.6 Å². The smallest absolute Gasteiger partial charge is 0.339 e. The van der Waals surface area contributed by atoms with Gasteiger partial charge in [0.2, 0.25) is 0 Å². The van der Waals surface area contributed by atoms with Crippen LogP contribution in [0, 0.1) is 6.92 Å². The number of hydrogen-bond donors (Lipinski definition) is 0. The van der Waals surface area contributed by atoms with Crippen LogP contribution in [0.3, 0.4) is 0 Å². The minimum atomic E-state index is -0.424. The summed E-state index contributed by atoms with van der Waals surface area (Å²) in [5.74, 6) is 1.69. The summed E-state index contributed by atoms with van der Waals surface area (Å²) < 4.78 is 17.7. The Hall–Kier alpha value is -3.12. The number of aromatic nitrogens is 1. The molecule has 0 unspecified atom stereocenters. The van der Waals surface area contributed by atoms with Gasteiger partial charge in [-0.2, -0.15) is 0 Å². The van der Waals surface area contributed by atoms with Crippen molar-refractivity contribution in [2.24, 2.45) is 0 Å². The minimum Gasteiger partial charge on any atom is -0.490 e. The number of fused-ring (bicyclic) bond motifs is 1. The van der Waals surface area contributed by atoms with Crippen LogP contribution in [0.15, 0.2) is 75.6 Å². The van der Waals surface area contributed by atoms with Crippen molar-refractivity contribution in [3.8, 4) is 17.2 Å². The van der Waals surface area contributed by atoms with E-state index in [1.165, 1.54) is 0 Å². The highest BCUT2D eigenvalue weighted by atomic mass is 79.9. The summed E-state index contributed by atoms with van der Waals surface area (Å²) in [7, 11) is 0. The second-order valence-electron chi connectivity index (χ2n) is 6.42. The minimum absolute atomic E-state index is 0.140. The molecule has 2 aromatic heterocycles. The maximum atomic E-state index is 12.8. The van der Waals surface area contributed by atoms with Gasteiger partial charge in [0.15, 0.2) is 5.76 Å². The molecule has 0 bridgehead atoms. The highest BCUT2D eigenvalue weighted by Crippen LogP contribution is 2.26. The summed E-state index contributed by atoms with van der Waals surface area (Å²) in [6.07, 6.45) is 0. The first-order valence-corrected chi connectivity index (χ1v) is 9.91. The van der Waals surface area contributed by atoms with E-state index in [0.717, 1.165) is 15.6 Å². The number of esters is 1. The van der Waals surface area contributed by atoms with Crippen molar-refractivity contribution in [3.05, 3.63) is 82.5 Å². The van der Waals surface area contributed by atoms with Crippen LogP contribution in [0.2, 0.25) is 0 Å². The van der Waals surface area contributed by atoms with Crippen molar-refractivity contribution in [1.82, 2.24) is 4.98 Å². The molecule has 4 aromatic rings. The third-order valence-electron chi connectivity index (χ3n) is 4.33. The molecule has 0 spiro atoms. The molecule has 29 heavy (non-hydrogen) atoms. The lowest BCUT2D eigenvalue weighted by Gasteiger charge is -2.10. The maximum absolute atomic E-state index is 12.8. The highest BCUT2D eigenvalue weighted by molar-refractivity contribution is 9.10. The summed E-state index contributed by atoms with van der Waals surface area (Å²) >= 11 is 3.38. The number of hydrogen-bond acceptors (Lipinski definition) is 5. The standard InChI is InChI=1S/C23H18BrNO4/c1-15-6-11-22(29-15)21-14-19(18-4-2-3-5-20(18)25-21)23(26)28-13-12-27-17-9-7-16(24)8-10-17/h2-11,14H,12-13H2,1H3. The van der Waals surface area contributed by atoms with E-state index >= 15 is 0 Å². The zero-order valence-electron chi connectivity index (χ0n) is 15.7. The number of carbonyl (C=O) groups is 1. The summed E-state index contributed by atoms with van der Waals surface area (Å²) in [4.78, 5) is 17.4. The number of carbonyl (C=O) groups excluding carboxylic acids is 1. The molecule has 0 radical (unpaired) electrons. The van der Waals surface area contributed by atoms with Gasteiger partial charge in [0.1, 0.15) is 30.4 Å². The number of pyridine rings is 1. The van der Waals surface area contributed by atoms with Crippen LogP contribution in [0.5, 0.6) is 5.75 Å². The maximum Gasteiger partial charge on any atom is 0.339 e. The number of furan rings is 1. The fourth-order valence-electron chi connectivity index (χ4n) is 2.95. The Labute approximate surface area is 176 Å². The molecule has 2 heterocycles. The van der Waals surface area contributed by atoms with Crippen molar-refractivity contribution in [2.75, 3.05) is 13.2 Å². The first-order valence-electron chi connectivity index (χ1n) is 9.12. The number of rotatable bonds is 6. The largest absolute Gasteiger partial charge is 0.490 e. The second kappa shape index (κ2) is 8.49. The van der Waals surface area contributed by atoms with E-state index in [9.17, 15) is 4.79 Å². The average Bonchev–Trinajstić information content (AvgIpc) is 3.18. The molecule has 2 aromatic carbocycles. The summed E-state index contributed by atoms with van der Waals surface area (Å²) in [5.41, 5.74) is 1.75. The van der Waals surface area contributed by atoms with E-state index in [2.05, 4.69) is 20.9 Å². The van der Waals surface area contributed by atoms with Gasteiger partial charge in [-0.1, -0.05) is 34.1 Å². The van der Waals surface area contributed by atoms with Gasteiger partial charge in [0.25, 0.3) is 0 Å². The Kier molecular flexibility index (Phi) is 5.62. The predicted molar refractivity (Wildman–Crippen MR) is 114 cm³/mol. The Balaban J connectivity index is 1.51. The van der Waals surface area contributed by atoms with Crippen molar-refractivity contribution in [1.29, 1.82) is 0 Å². The first-order chi connectivity index (χ1) is 14.1. The van der Waals surface area contributed by atoms with Gasteiger partial charge in [-0.25, -0.2) is 9.78 Å². The number of aryl methyl sites for hydroxylation is 1. The molecule has 0 N–H and O–H groups in total. The highest BCUT2D eigenvalue weighted by Gasteiger charge is 2.16. The fourth-order valence-corrected chi connectivity index (χ4v) is 3.21. The van der Waals surface area contributed by atoms with Crippen LogP contribution in [-0.4, -0.2) is 24.2 Å².